The molecule has 0 bridgehead atoms. The standard InChI is InChI=1S/C12H16ClNO2/c1-12(2)15-7-11(8-16-12)14-10-5-3-4-9(13)6-10/h3-6,11,14H,7-8H2,1-2H3. The minimum atomic E-state index is -0.466. The summed E-state index contributed by atoms with van der Waals surface area (Å²) in [5, 5.41) is 4.05. The summed E-state index contributed by atoms with van der Waals surface area (Å²) in [5.41, 5.74) is 0.990. The van der Waals surface area contributed by atoms with Crippen molar-refractivity contribution in [1.29, 1.82) is 0 Å². The van der Waals surface area contributed by atoms with Crippen LogP contribution in [0.15, 0.2) is 24.3 Å². The summed E-state index contributed by atoms with van der Waals surface area (Å²) in [4.78, 5) is 0. The lowest BCUT2D eigenvalue weighted by Crippen LogP contribution is -2.45. The molecule has 88 valence electrons. The predicted octanol–water partition coefficient (Wildman–Crippen LogP) is 2.90. The van der Waals surface area contributed by atoms with Gasteiger partial charge in [0, 0.05) is 10.7 Å². The second-order valence-electron chi connectivity index (χ2n) is 4.37. The highest BCUT2D eigenvalue weighted by Crippen LogP contribution is 2.21. The number of anilines is 1. The van der Waals surface area contributed by atoms with Crippen LogP contribution >= 0.6 is 11.6 Å². The summed E-state index contributed by atoms with van der Waals surface area (Å²) >= 11 is 5.91. The van der Waals surface area contributed by atoms with Crippen LogP contribution in [0.3, 0.4) is 0 Å². The van der Waals surface area contributed by atoms with Gasteiger partial charge in [0.05, 0.1) is 19.3 Å². The molecule has 0 amide bonds. The molecule has 1 N–H and O–H groups in total. The first-order valence-electron chi connectivity index (χ1n) is 5.35. The highest BCUT2D eigenvalue weighted by Gasteiger charge is 2.28. The van der Waals surface area contributed by atoms with E-state index in [4.69, 9.17) is 21.1 Å². The Morgan fingerprint density at radius 2 is 2.00 bits per heavy atom. The van der Waals surface area contributed by atoms with Gasteiger partial charge in [-0.25, -0.2) is 0 Å². The van der Waals surface area contributed by atoms with E-state index >= 15 is 0 Å². The quantitative estimate of drug-likeness (QED) is 0.864. The fraction of sp³-hybridized carbons (Fsp3) is 0.500. The van der Waals surface area contributed by atoms with Gasteiger partial charge in [-0.1, -0.05) is 17.7 Å². The van der Waals surface area contributed by atoms with Crippen LogP contribution in [0.4, 0.5) is 5.69 Å². The van der Waals surface area contributed by atoms with Crippen LogP contribution < -0.4 is 5.32 Å². The molecule has 1 heterocycles. The van der Waals surface area contributed by atoms with Crippen molar-refractivity contribution in [2.75, 3.05) is 18.5 Å². The highest BCUT2D eigenvalue weighted by atomic mass is 35.5. The molecule has 0 unspecified atom stereocenters. The zero-order valence-electron chi connectivity index (χ0n) is 9.50. The fourth-order valence-electron chi connectivity index (χ4n) is 1.59. The van der Waals surface area contributed by atoms with Gasteiger partial charge in [0.15, 0.2) is 5.79 Å². The summed E-state index contributed by atoms with van der Waals surface area (Å²) in [6, 6.07) is 7.81. The van der Waals surface area contributed by atoms with E-state index in [2.05, 4.69) is 5.32 Å². The lowest BCUT2D eigenvalue weighted by atomic mass is 10.2. The molecule has 1 fully saturated rings. The molecule has 0 aromatic heterocycles. The van der Waals surface area contributed by atoms with Crippen molar-refractivity contribution in [3.8, 4) is 0 Å². The molecule has 0 saturated carbocycles. The Balaban J connectivity index is 1.92. The van der Waals surface area contributed by atoms with Crippen molar-refractivity contribution in [2.24, 2.45) is 0 Å². The molecule has 1 aliphatic rings. The maximum atomic E-state index is 5.91. The first-order valence-corrected chi connectivity index (χ1v) is 5.73. The second-order valence-corrected chi connectivity index (χ2v) is 4.81. The van der Waals surface area contributed by atoms with E-state index in [9.17, 15) is 0 Å². The summed E-state index contributed by atoms with van der Waals surface area (Å²) in [7, 11) is 0. The van der Waals surface area contributed by atoms with E-state index in [0.29, 0.717) is 13.2 Å². The van der Waals surface area contributed by atoms with Crippen LogP contribution in [-0.4, -0.2) is 25.0 Å². The average Bonchev–Trinajstić information content (AvgIpc) is 2.21. The maximum Gasteiger partial charge on any atom is 0.162 e. The topological polar surface area (TPSA) is 30.5 Å². The van der Waals surface area contributed by atoms with E-state index < -0.39 is 5.79 Å². The molecular weight excluding hydrogens is 226 g/mol. The van der Waals surface area contributed by atoms with E-state index in [1.165, 1.54) is 0 Å². The van der Waals surface area contributed by atoms with E-state index in [-0.39, 0.29) is 6.04 Å². The third-order valence-corrected chi connectivity index (χ3v) is 2.69. The van der Waals surface area contributed by atoms with Crippen molar-refractivity contribution in [3.63, 3.8) is 0 Å². The number of hydrogen-bond donors (Lipinski definition) is 1. The van der Waals surface area contributed by atoms with Crippen molar-refractivity contribution in [1.82, 2.24) is 0 Å². The SMILES string of the molecule is CC1(C)OCC(Nc2cccc(Cl)c2)CO1. The van der Waals surface area contributed by atoms with Crippen LogP contribution in [0.2, 0.25) is 5.02 Å². The normalized spacial score (nSPS) is 20.7. The van der Waals surface area contributed by atoms with Crippen molar-refractivity contribution >= 4 is 17.3 Å². The third kappa shape index (κ3) is 3.11. The van der Waals surface area contributed by atoms with Crippen molar-refractivity contribution in [2.45, 2.75) is 25.7 Å². The van der Waals surface area contributed by atoms with Gasteiger partial charge in [-0.15, -0.1) is 0 Å². The largest absolute Gasteiger partial charge is 0.378 e. The van der Waals surface area contributed by atoms with Gasteiger partial charge < -0.3 is 14.8 Å². The zero-order chi connectivity index (χ0) is 11.6. The molecule has 0 radical (unpaired) electrons. The van der Waals surface area contributed by atoms with E-state index in [0.717, 1.165) is 10.7 Å². The number of hydrogen-bond acceptors (Lipinski definition) is 3. The summed E-state index contributed by atoms with van der Waals surface area (Å²) in [5.74, 6) is -0.466. The van der Waals surface area contributed by atoms with Crippen LogP contribution in [0.1, 0.15) is 13.8 Å². The third-order valence-electron chi connectivity index (χ3n) is 2.46. The van der Waals surface area contributed by atoms with Gasteiger partial charge in [0.25, 0.3) is 0 Å². The Labute approximate surface area is 101 Å². The molecule has 16 heavy (non-hydrogen) atoms. The van der Waals surface area contributed by atoms with Gasteiger partial charge in [-0.05, 0) is 32.0 Å². The molecule has 4 heteroatoms. The number of rotatable bonds is 2. The Morgan fingerprint density at radius 3 is 2.62 bits per heavy atom. The minimum absolute atomic E-state index is 0.173. The van der Waals surface area contributed by atoms with Crippen LogP contribution in [0, 0.1) is 0 Å². The van der Waals surface area contributed by atoms with E-state index in [1.807, 2.05) is 38.1 Å². The number of halogens is 1. The van der Waals surface area contributed by atoms with Gasteiger partial charge in [-0.2, -0.15) is 0 Å². The number of benzene rings is 1. The van der Waals surface area contributed by atoms with Crippen LogP contribution in [0.5, 0.6) is 0 Å². The summed E-state index contributed by atoms with van der Waals surface area (Å²) in [6.07, 6.45) is 0. The lowest BCUT2D eigenvalue weighted by Gasteiger charge is -2.35. The van der Waals surface area contributed by atoms with Crippen LogP contribution in [0.25, 0.3) is 0 Å². The molecule has 2 rings (SSSR count). The maximum absolute atomic E-state index is 5.91. The summed E-state index contributed by atoms with van der Waals surface area (Å²) in [6.45, 7) is 5.12. The minimum Gasteiger partial charge on any atom is -0.378 e. The molecule has 1 aromatic carbocycles. The van der Waals surface area contributed by atoms with Crippen molar-refractivity contribution < 1.29 is 9.47 Å². The second kappa shape index (κ2) is 4.62. The molecule has 0 aliphatic carbocycles. The molecule has 1 saturated heterocycles. The number of ether oxygens (including phenoxy) is 2. The molecule has 0 spiro atoms. The van der Waals surface area contributed by atoms with Crippen LogP contribution in [-0.2, 0) is 9.47 Å². The molecule has 1 aliphatic heterocycles. The first kappa shape index (κ1) is 11.7. The highest BCUT2D eigenvalue weighted by molar-refractivity contribution is 6.30. The molecule has 1 aromatic rings. The molecular formula is C12H16ClNO2. The van der Waals surface area contributed by atoms with Gasteiger partial charge in [-0.3, -0.25) is 0 Å². The van der Waals surface area contributed by atoms with Gasteiger partial charge in [0.2, 0.25) is 0 Å². The predicted molar refractivity (Wildman–Crippen MR) is 64.8 cm³/mol. The van der Waals surface area contributed by atoms with Gasteiger partial charge >= 0.3 is 0 Å². The molecule has 0 atom stereocenters. The fourth-order valence-corrected chi connectivity index (χ4v) is 1.78. The smallest absolute Gasteiger partial charge is 0.162 e. The zero-order valence-corrected chi connectivity index (χ0v) is 10.3. The first-order chi connectivity index (χ1) is 7.55. The Hall–Kier alpha value is -0.770. The Kier molecular flexibility index (Phi) is 3.38. The van der Waals surface area contributed by atoms with Crippen molar-refractivity contribution in [3.05, 3.63) is 29.3 Å². The molecule has 3 nitrogen and oxygen atoms in total. The lowest BCUT2D eigenvalue weighted by molar-refractivity contribution is -0.247. The van der Waals surface area contributed by atoms with Gasteiger partial charge in [0.1, 0.15) is 0 Å². The number of nitrogens with one attached hydrogen (secondary N) is 1. The Bertz CT molecular complexity index is 358. The monoisotopic (exact) mass is 241 g/mol. The summed E-state index contributed by atoms with van der Waals surface area (Å²) < 4.78 is 11.1. The average molecular weight is 242 g/mol. The Morgan fingerprint density at radius 1 is 1.31 bits per heavy atom. The van der Waals surface area contributed by atoms with E-state index in [1.54, 1.807) is 0 Å².